The number of rotatable bonds is 7. The average molecular weight is 444 g/mol. The van der Waals surface area contributed by atoms with Crippen LogP contribution in [0.1, 0.15) is 23.0 Å². The van der Waals surface area contributed by atoms with Crippen LogP contribution in [-0.4, -0.2) is 29.7 Å². The predicted molar refractivity (Wildman–Crippen MR) is 111 cm³/mol. The molecule has 3 aromatic rings. The highest BCUT2D eigenvalue weighted by Crippen LogP contribution is 2.29. The van der Waals surface area contributed by atoms with Gasteiger partial charge in [0.05, 0.1) is 20.6 Å². The van der Waals surface area contributed by atoms with Crippen molar-refractivity contribution in [1.82, 2.24) is 14.9 Å². The van der Waals surface area contributed by atoms with Gasteiger partial charge in [-0.3, -0.25) is 4.79 Å². The van der Waals surface area contributed by atoms with Gasteiger partial charge in [0, 0.05) is 30.0 Å². The Hall–Kier alpha value is -2.80. The second-order valence-electron chi connectivity index (χ2n) is 6.35. The summed E-state index contributed by atoms with van der Waals surface area (Å²) in [4.78, 5) is 17.2. The Morgan fingerprint density at radius 1 is 1.14 bits per heavy atom. The zero-order chi connectivity index (χ0) is 20.1. The van der Waals surface area contributed by atoms with E-state index in [1.807, 2.05) is 54.2 Å². The summed E-state index contributed by atoms with van der Waals surface area (Å²) in [6.45, 7) is 0. The molecule has 3 rings (SSSR count). The molecule has 146 valence electrons. The first kappa shape index (κ1) is 19.9. The predicted octanol–water partition coefficient (Wildman–Crippen LogP) is 3.65. The fourth-order valence-electron chi connectivity index (χ4n) is 2.95. The average Bonchev–Trinajstić information content (AvgIpc) is 3.13. The largest absolute Gasteiger partial charge is 0.497 e. The van der Waals surface area contributed by atoms with Gasteiger partial charge in [0.2, 0.25) is 5.91 Å². The molecule has 1 heterocycles. The first-order chi connectivity index (χ1) is 13.5. The maximum atomic E-state index is 12.8. The smallest absolute Gasteiger partial charge is 0.225 e. The zero-order valence-corrected chi connectivity index (χ0v) is 17.6. The standard InChI is InChI=1S/C21H22BrN3O3/c1-25-9-8-23-21(25)20(15-11-17(27-2)13-18(12-15)28-3)24-19(26)10-14-4-6-16(22)7-5-14/h4-9,11-13,20H,10H2,1-3H3,(H,24,26). The number of amides is 1. The first-order valence-electron chi connectivity index (χ1n) is 8.74. The molecule has 0 fully saturated rings. The topological polar surface area (TPSA) is 65.4 Å². The molecule has 28 heavy (non-hydrogen) atoms. The van der Waals surface area contributed by atoms with Crippen LogP contribution in [0.2, 0.25) is 0 Å². The Balaban J connectivity index is 1.91. The van der Waals surface area contributed by atoms with Crippen molar-refractivity contribution >= 4 is 21.8 Å². The number of hydrogen-bond donors (Lipinski definition) is 1. The van der Waals surface area contributed by atoms with Gasteiger partial charge in [0.25, 0.3) is 0 Å². The van der Waals surface area contributed by atoms with Crippen molar-refractivity contribution in [2.45, 2.75) is 12.5 Å². The molecule has 0 bridgehead atoms. The Kier molecular flexibility index (Phi) is 6.36. The summed E-state index contributed by atoms with van der Waals surface area (Å²) in [5, 5.41) is 3.10. The van der Waals surface area contributed by atoms with E-state index in [2.05, 4.69) is 26.2 Å². The third kappa shape index (κ3) is 4.72. The fraction of sp³-hybridized carbons (Fsp3) is 0.238. The van der Waals surface area contributed by atoms with Gasteiger partial charge < -0.3 is 19.4 Å². The highest BCUT2D eigenvalue weighted by atomic mass is 79.9. The molecule has 0 saturated carbocycles. The van der Waals surface area contributed by atoms with E-state index in [0.29, 0.717) is 11.5 Å². The van der Waals surface area contributed by atoms with Gasteiger partial charge in [-0.25, -0.2) is 4.98 Å². The number of methoxy groups -OCH3 is 2. The van der Waals surface area contributed by atoms with E-state index in [1.165, 1.54) is 0 Å². The first-order valence-corrected chi connectivity index (χ1v) is 9.53. The molecule has 2 aromatic carbocycles. The van der Waals surface area contributed by atoms with Gasteiger partial charge in [-0.15, -0.1) is 0 Å². The van der Waals surface area contributed by atoms with Crippen molar-refractivity contribution in [2.24, 2.45) is 7.05 Å². The molecule has 0 saturated heterocycles. The number of ether oxygens (including phenoxy) is 2. The molecule has 6 nitrogen and oxygen atoms in total. The number of aromatic nitrogens is 2. The molecule has 0 aliphatic carbocycles. The summed E-state index contributed by atoms with van der Waals surface area (Å²) < 4.78 is 13.6. The molecule has 1 amide bonds. The lowest BCUT2D eigenvalue weighted by molar-refractivity contribution is -0.121. The third-order valence-electron chi connectivity index (χ3n) is 4.41. The normalized spacial score (nSPS) is 11.7. The SMILES string of the molecule is COc1cc(OC)cc(C(NC(=O)Cc2ccc(Br)cc2)c2nccn2C)c1. The van der Waals surface area contributed by atoms with Crippen molar-refractivity contribution in [2.75, 3.05) is 14.2 Å². The van der Waals surface area contributed by atoms with Gasteiger partial charge in [-0.05, 0) is 35.4 Å². The van der Waals surface area contributed by atoms with E-state index >= 15 is 0 Å². The number of imidazole rings is 1. The molecular formula is C21H22BrN3O3. The number of hydrogen-bond acceptors (Lipinski definition) is 4. The van der Waals surface area contributed by atoms with Crippen LogP contribution >= 0.6 is 15.9 Å². The van der Waals surface area contributed by atoms with E-state index in [9.17, 15) is 4.79 Å². The van der Waals surface area contributed by atoms with Gasteiger partial charge >= 0.3 is 0 Å². The second-order valence-corrected chi connectivity index (χ2v) is 7.26. The lowest BCUT2D eigenvalue weighted by Crippen LogP contribution is -2.32. The van der Waals surface area contributed by atoms with Crippen LogP contribution in [0.5, 0.6) is 11.5 Å². The number of carbonyl (C=O) groups excluding carboxylic acids is 1. The summed E-state index contributed by atoms with van der Waals surface area (Å²) in [7, 11) is 5.09. The molecular weight excluding hydrogens is 422 g/mol. The van der Waals surface area contributed by atoms with Crippen LogP contribution in [0.4, 0.5) is 0 Å². The van der Waals surface area contributed by atoms with E-state index in [-0.39, 0.29) is 12.3 Å². The summed E-state index contributed by atoms with van der Waals surface area (Å²) in [6.07, 6.45) is 3.83. The van der Waals surface area contributed by atoms with Crippen molar-refractivity contribution < 1.29 is 14.3 Å². The number of nitrogens with one attached hydrogen (secondary N) is 1. The van der Waals surface area contributed by atoms with Gasteiger partial charge in [-0.2, -0.15) is 0 Å². The monoisotopic (exact) mass is 443 g/mol. The quantitative estimate of drug-likeness (QED) is 0.605. The Morgan fingerprint density at radius 2 is 1.79 bits per heavy atom. The number of nitrogens with zero attached hydrogens (tertiary/aromatic N) is 2. The molecule has 1 atom stereocenters. The molecule has 1 aromatic heterocycles. The minimum Gasteiger partial charge on any atom is -0.497 e. The van der Waals surface area contributed by atoms with Crippen molar-refractivity contribution in [1.29, 1.82) is 0 Å². The van der Waals surface area contributed by atoms with E-state index < -0.39 is 6.04 Å². The third-order valence-corrected chi connectivity index (χ3v) is 4.94. The van der Waals surface area contributed by atoms with Gasteiger partial charge in [0.1, 0.15) is 23.4 Å². The minimum absolute atomic E-state index is 0.0999. The number of aryl methyl sites for hydroxylation is 1. The van der Waals surface area contributed by atoms with Gasteiger partial charge in [0.15, 0.2) is 0 Å². The lowest BCUT2D eigenvalue weighted by Gasteiger charge is -2.20. The summed E-state index contributed by atoms with van der Waals surface area (Å²) in [6, 6.07) is 12.8. The van der Waals surface area contributed by atoms with Crippen molar-refractivity contribution in [3.63, 3.8) is 0 Å². The molecule has 0 aliphatic rings. The summed E-state index contributed by atoms with van der Waals surface area (Å²) in [5.41, 5.74) is 1.76. The molecule has 0 radical (unpaired) electrons. The fourth-order valence-corrected chi connectivity index (χ4v) is 3.21. The van der Waals surface area contributed by atoms with E-state index in [1.54, 1.807) is 26.5 Å². The van der Waals surface area contributed by atoms with Crippen LogP contribution in [0.25, 0.3) is 0 Å². The van der Waals surface area contributed by atoms with Crippen LogP contribution in [0.3, 0.4) is 0 Å². The maximum absolute atomic E-state index is 12.8. The van der Waals surface area contributed by atoms with Crippen LogP contribution in [-0.2, 0) is 18.3 Å². The summed E-state index contributed by atoms with van der Waals surface area (Å²) >= 11 is 3.41. The van der Waals surface area contributed by atoms with Crippen LogP contribution < -0.4 is 14.8 Å². The molecule has 1 N–H and O–H groups in total. The van der Waals surface area contributed by atoms with Crippen LogP contribution in [0.15, 0.2) is 59.3 Å². The molecule has 0 aliphatic heterocycles. The van der Waals surface area contributed by atoms with Crippen molar-refractivity contribution in [3.8, 4) is 11.5 Å². The number of carbonyl (C=O) groups is 1. The Morgan fingerprint density at radius 3 is 2.32 bits per heavy atom. The molecule has 0 spiro atoms. The van der Waals surface area contributed by atoms with Crippen LogP contribution in [0, 0.1) is 0 Å². The lowest BCUT2D eigenvalue weighted by atomic mass is 10.0. The molecule has 1 unspecified atom stereocenters. The number of benzene rings is 2. The Labute approximate surface area is 172 Å². The second kappa shape index (κ2) is 8.93. The zero-order valence-electron chi connectivity index (χ0n) is 16.0. The highest BCUT2D eigenvalue weighted by molar-refractivity contribution is 9.10. The maximum Gasteiger partial charge on any atom is 0.225 e. The minimum atomic E-state index is -0.438. The van der Waals surface area contributed by atoms with E-state index in [0.717, 1.165) is 21.4 Å². The Bertz CT molecular complexity index is 932. The van der Waals surface area contributed by atoms with E-state index in [4.69, 9.17) is 9.47 Å². The highest BCUT2D eigenvalue weighted by Gasteiger charge is 2.22. The molecule has 7 heteroatoms. The van der Waals surface area contributed by atoms with Crippen molar-refractivity contribution in [3.05, 3.63) is 76.3 Å². The van der Waals surface area contributed by atoms with Gasteiger partial charge in [-0.1, -0.05) is 28.1 Å². The number of halogens is 1. The summed E-state index contributed by atoms with van der Waals surface area (Å²) in [5.74, 6) is 1.92.